The van der Waals surface area contributed by atoms with Gasteiger partial charge in [0.25, 0.3) is 0 Å². The number of rotatable bonds is 3. The predicted octanol–water partition coefficient (Wildman–Crippen LogP) is 1.42. The van der Waals surface area contributed by atoms with Crippen molar-refractivity contribution in [3.63, 3.8) is 0 Å². The normalized spacial score (nSPS) is 15.9. The maximum absolute atomic E-state index is 11.3. The molecule has 2 unspecified atom stereocenters. The molecule has 1 amide bonds. The molecule has 0 fully saturated rings. The fourth-order valence-electron chi connectivity index (χ4n) is 0.791. The summed E-state index contributed by atoms with van der Waals surface area (Å²) in [6.45, 7) is 7.42. The van der Waals surface area contributed by atoms with E-state index >= 15 is 0 Å². The Morgan fingerprint density at radius 1 is 1.43 bits per heavy atom. The van der Waals surface area contributed by atoms with Crippen LogP contribution in [0.15, 0.2) is 0 Å². The monoisotopic (exact) mass is 252 g/mol. The van der Waals surface area contributed by atoms with Crippen LogP contribution < -0.4 is 5.32 Å². The Morgan fingerprint density at radius 3 is 2.29 bits per heavy atom. The summed E-state index contributed by atoms with van der Waals surface area (Å²) in [5.74, 6) is 0. The molecule has 79 valence electrons. The van der Waals surface area contributed by atoms with Gasteiger partial charge in [0.05, 0.1) is 0 Å². The second-order valence-corrected chi connectivity index (χ2v) is 5.90. The van der Waals surface area contributed by atoms with Crippen LogP contribution in [0.25, 0.3) is 0 Å². The van der Waals surface area contributed by atoms with Crippen molar-refractivity contribution in [1.82, 2.24) is 5.32 Å². The van der Waals surface area contributed by atoms with E-state index in [0.717, 1.165) is 18.3 Å². The molecule has 4 nitrogen and oxygen atoms in total. The molecule has 2 atom stereocenters. The van der Waals surface area contributed by atoms with Gasteiger partial charge in [-0.05, 0) is 0 Å². The number of carbonyl (C=O) groups excluding carboxylic acids is 1. The van der Waals surface area contributed by atoms with Crippen LogP contribution in [0.4, 0.5) is 4.79 Å². The molecule has 0 aromatic heterocycles. The summed E-state index contributed by atoms with van der Waals surface area (Å²) in [7, 11) is 1.64. The molecule has 0 spiro atoms. The molecule has 0 aliphatic rings. The van der Waals surface area contributed by atoms with Gasteiger partial charge < -0.3 is 0 Å². The topological polar surface area (TPSA) is 47.6 Å². The Balaban J connectivity index is 3.95. The minimum atomic E-state index is -0.448. The molecule has 0 radical (unpaired) electrons. The van der Waals surface area contributed by atoms with Gasteiger partial charge in [-0.25, -0.2) is 0 Å². The van der Waals surface area contributed by atoms with Crippen molar-refractivity contribution in [2.75, 3.05) is 7.11 Å². The van der Waals surface area contributed by atoms with E-state index in [4.69, 9.17) is 9.47 Å². The summed E-state index contributed by atoms with van der Waals surface area (Å²) < 4.78 is 10.3. The molecular formula is C9H18NO3Zn. The quantitative estimate of drug-likeness (QED) is 0.774. The predicted molar refractivity (Wildman–Crippen MR) is 49.6 cm³/mol. The molecule has 0 aliphatic carbocycles. The second-order valence-electron chi connectivity index (χ2n) is 4.21. The molecule has 14 heavy (non-hydrogen) atoms. The summed E-state index contributed by atoms with van der Waals surface area (Å²) in [5, 5.41) is 2.73. The van der Waals surface area contributed by atoms with Crippen LogP contribution in [-0.4, -0.2) is 29.5 Å². The van der Waals surface area contributed by atoms with Crippen molar-refractivity contribution in [2.45, 2.75) is 44.0 Å². The molecule has 0 rings (SSSR count). The van der Waals surface area contributed by atoms with E-state index < -0.39 is 5.60 Å². The fraction of sp³-hybridized carbons (Fsp3) is 0.889. The van der Waals surface area contributed by atoms with Gasteiger partial charge in [0.1, 0.15) is 0 Å². The third kappa shape index (κ3) is 6.33. The molecule has 0 aliphatic heterocycles. The van der Waals surface area contributed by atoms with Crippen LogP contribution >= 0.6 is 0 Å². The van der Waals surface area contributed by atoms with Crippen molar-refractivity contribution in [1.29, 1.82) is 0 Å². The zero-order valence-corrected chi connectivity index (χ0v) is 12.6. The Labute approximate surface area is 95.4 Å². The number of alkyl carbamates (subject to hydrolysis) is 1. The standard InChI is InChI=1S/C9H18NO3.Zn/c1-7(6-12-5)10-8(11)13-9(2,3)4;/h6-7H,1-5H3,(H,10,11);. The van der Waals surface area contributed by atoms with Gasteiger partial charge in [0, 0.05) is 0 Å². The average molecular weight is 254 g/mol. The van der Waals surface area contributed by atoms with Crippen LogP contribution in [0.3, 0.4) is 0 Å². The van der Waals surface area contributed by atoms with Crippen molar-refractivity contribution in [3.05, 3.63) is 0 Å². The first-order valence-electron chi connectivity index (χ1n) is 4.61. The van der Waals surface area contributed by atoms with E-state index in [-0.39, 0.29) is 16.8 Å². The van der Waals surface area contributed by atoms with Crippen molar-refractivity contribution < 1.29 is 32.6 Å². The van der Waals surface area contributed by atoms with Gasteiger partial charge in [0.15, 0.2) is 0 Å². The van der Waals surface area contributed by atoms with Gasteiger partial charge in [-0.3, -0.25) is 0 Å². The van der Waals surface area contributed by atoms with E-state index in [0.29, 0.717) is 0 Å². The van der Waals surface area contributed by atoms with Crippen LogP contribution in [0.1, 0.15) is 27.7 Å². The van der Waals surface area contributed by atoms with Crippen LogP contribution in [-0.2, 0) is 27.8 Å². The molecular weight excluding hydrogens is 235 g/mol. The van der Waals surface area contributed by atoms with E-state index in [1.807, 2.05) is 27.7 Å². The first-order chi connectivity index (χ1) is 6.26. The third-order valence-corrected chi connectivity index (χ3v) is 3.79. The SMILES string of the molecule is CO[CH]([Zn])C(C)NC(=O)OC(C)(C)C. The third-order valence-electron chi connectivity index (χ3n) is 1.60. The van der Waals surface area contributed by atoms with Gasteiger partial charge in [0.2, 0.25) is 0 Å². The number of hydrogen-bond acceptors (Lipinski definition) is 3. The number of ether oxygens (including phenoxy) is 2. The number of nitrogens with one attached hydrogen (secondary N) is 1. The van der Waals surface area contributed by atoms with Crippen molar-refractivity contribution >= 4 is 6.09 Å². The van der Waals surface area contributed by atoms with Gasteiger partial charge in [-0.1, -0.05) is 0 Å². The summed E-state index contributed by atoms with van der Waals surface area (Å²) in [5.41, 5.74) is -0.448. The van der Waals surface area contributed by atoms with Crippen LogP contribution in [0, 0.1) is 0 Å². The molecule has 0 bridgehead atoms. The minimum absolute atomic E-state index is 0.00477. The summed E-state index contributed by atoms with van der Waals surface area (Å²) in [6.07, 6.45) is -0.388. The first kappa shape index (κ1) is 13.9. The van der Waals surface area contributed by atoms with Crippen molar-refractivity contribution in [2.24, 2.45) is 0 Å². The van der Waals surface area contributed by atoms with Crippen LogP contribution in [0.5, 0.6) is 0 Å². The number of carbonyl (C=O) groups is 1. The second kappa shape index (κ2) is 5.67. The summed E-state index contributed by atoms with van der Waals surface area (Å²) in [6, 6.07) is -0.00477. The maximum atomic E-state index is 11.3. The molecule has 0 aromatic rings. The van der Waals surface area contributed by atoms with Crippen molar-refractivity contribution in [3.8, 4) is 0 Å². The Kier molecular flexibility index (Phi) is 5.61. The molecule has 0 heterocycles. The van der Waals surface area contributed by atoms with E-state index in [9.17, 15) is 4.79 Å². The summed E-state index contributed by atoms with van der Waals surface area (Å²) in [4.78, 5) is 11.3. The molecule has 1 N–H and O–H groups in total. The Bertz CT molecular complexity index is 191. The average Bonchev–Trinajstić information content (AvgIpc) is 1.99. The number of hydrogen-bond donors (Lipinski definition) is 1. The zero-order valence-electron chi connectivity index (χ0n) is 9.59. The molecule has 0 aromatic carbocycles. The first-order valence-corrected chi connectivity index (χ1v) is 6.33. The van der Waals surface area contributed by atoms with Gasteiger partial charge >= 0.3 is 95.1 Å². The van der Waals surface area contributed by atoms with Gasteiger partial charge in [-0.15, -0.1) is 0 Å². The zero-order chi connectivity index (χ0) is 11.4. The van der Waals surface area contributed by atoms with E-state index in [2.05, 4.69) is 5.32 Å². The summed E-state index contributed by atoms with van der Waals surface area (Å²) >= 11 is 0.980. The van der Waals surface area contributed by atoms with Crippen LogP contribution in [0.2, 0.25) is 0 Å². The number of amides is 1. The van der Waals surface area contributed by atoms with E-state index in [1.165, 1.54) is 0 Å². The Morgan fingerprint density at radius 2 is 1.93 bits per heavy atom. The molecule has 0 saturated heterocycles. The molecule has 5 heteroatoms. The van der Waals surface area contributed by atoms with Gasteiger partial charge in [-0.2, -0.15) is 0 Å². The van der Waals surface area contributed by atoms with E-state index in [1.54, 1.807) is 7.11 Å². The fourth-order valence-corrected chi connectivity index (χ4v) is 1.04. The molecule has 0 saturated carbocycles. The number of methoxy groups -OCH3 is 1. The Hall–Kier alpha value is -0.147.